The fraction of sp³-hybridized carbons (Fsp3) is 0.278. The molecule has 2 aromatic heterocycles. The number of aromatic nitrogens is 3. The predicted molar refractivity (Wildman–Crippen MR) is 90.1 cm³/mol. The number of hydrogen-bond donors (Lipinski definition) is 1. The van der Waals surface area contributed by atoms with Crippen LogP contribution >= 0.6 is 0 Å². The van der Waals surface area contributed by atoms with Crippen molar-refractivity contribution >= 4 is 0 Å². The van der Waals surface area contributed by atoms with E-state index in [0.29, 0.717) is 24.2 Å². The second-order valence-electron chi connectivity index (χ2n) is 6.08. The smallest absolute Gasteiger partial charge is 0.270 e. The third-order valence-corrected chi connectivity index (χ3v) is 3.96. The van der Waals surface area contributed by atoms with Gasteiger partial charge >= 0.3 is 0 Å². The van der Waals surface area contributed by atoms with E-state index < -0.39 is 5.92 Å². The van der Waals surface area contributed by atoms with Crippen molar-refractivity contribution in [3.05, 3.63) is 63.9 Å². The lowest BCUT2D eigenvalue weighted by atomic mass is 10.1. The average molecular weight is 361 g/mol. The number of aryl methyl sites for hydroxylation is 2. The van der Waals surface area contributed by atoms with Crippen LogP contribution in [0, 0.1) is 6.92 Å². The minimum absolute atomic E-state index is 0.0866. The number of alkyl halides is 2. The Balaban J connectivity index is 1.78. The molecule has 0 fully saturated rings. The maximum Gasteiger partial charge on any atom is 0.270 e. The molecule has 0 amide bonds. The molecular formula is C18H17F2N3O3. The molecule has 3 rings (SSSR count). The third-order valence-electron chi connectivity index (χ3n) is 3.96. The summed E-state index contributed by atoms with van der Waals surface area (Å²) >= 11 is 0. The zero-order chi connectivity index (χ0) is 18.9. The normalized spacial score (nSPS) is 11.7. The number of aromatic hydroxyl groups is 1. The molecule has 6 nitrogen and oxygen atoms in total. The fourth-order valence-electron chi connectivity index (χ4n) is 2.61. The lowest BCUT2D eigenvalue weighted by molar-refractivity contribution is 0.0175. The summed E-state index contributed by atoms with van der Waals surface area (Å²) in [6, 6.07) is 8.41. The van der Waals surface area contributed by atoms with Crippen molar-refractivity contribution in [1.82, 2.24) is 14.7 Å². The molecule has 3 aromatic rings. The predicted octanol–water partition coefficient (Wildman–Crippen LogP) is 3.27. The maximum atomic E-state index is 13.5. The van der Waals surface area contributed by atoms with Crippen molar-refractivity contribution < 1.29 is 18.4 Å². The van der Waals surface area contributed by atoms with Crippen molar-refractivity contribution in [3.63, 3.8) is 0 Å². The second-order valence-corrected chi connectivity index (χ2v) is 6.08. The molecule has 0 bridgehead atoms. The Morgan fingerprint density at radius 2 is 2.04 bits per heavy atom. The summed E-state index contributed by atoms with van der Waals surface area (Å²) in [5.74, 6) is -2.55. The Kier molecular flexibility index (Phi) is 4.58. The highest BCUT2D eigenvalue weighted by Crippen LogP contribution is 2.29. The molecular weight excluding hydrogens is 344 g/mol. The lowest BCUT2D eigenvalue weighted by Crippen LogP contribution is -2.22. The number of benzene rings is 1. The Hall–Kier alpha value is -3.03. The first-order valence-electron chi connectivity index (χ1n) is 7.96. The van der Waals surface area contributed by atoms with Crippen LogP contribution in [-0.4, -0.2) is 19.8 Å². The van der Waals surface area contributed by atoms with E-state index in [1.165, 1.54) is 28.8 Å². The molecule has 26 heavy (non-hydrogen) atoms. The summed E-state index contributed by atoms with van der Waals surface area (Å²) in [4.78, 5) is 16.1. The molecule has 0 saturated carbocycles. The van der Waals surface area contributed by atoms with Crippen LogP contribution in [0.3, 0.4) is 0 Å². The molecule has 0 spiro atoms. The first kappa shape index (κ1) is 17.8. The second kappa shape index (κ2) is 6.70. The molecule has 1 aromatic carbocycles. The van der Waals surface area contributed by atoms with E-state index in [1.54, 1.807) is 13.0 Å². The van der Waals surface area contributed by atoms with Crippen LogP contribution in [0.1, 0.15) is 24.1 Å². The third kappa shape index (κ3) is 3.79. The molecule has 0 unspecified atom stereocenters. The number of halogens is 2. The minimum Gasteiger partial charge on any atom is -0.508 e. The zero-order valence-corrected chi connectivity index (χ0v) is 14.2. The van der Waals surface area contributed by atoms with Gasteiger partial charge in [-0.3, -0.25) is 4.79 Å². The van der Waals surface area contributed by atoms with Gasteiger partial charge in [0.2, 0.25) is 11.7 Å². The molecule has 2 heterocycles. The van der Waals surface area contributed by atoms with Gasteiger partial charge in [-0.1, -0.05) is 23.4 Å². The van der Waals surface area contributed by atoms with Crippen LogP contribution in [0.2, 0.25) is 0 Å². The summed E-state index contributed by atoms with van der Waals surface area (Å²) in [6.45, 7) is 2.82. The SMILES string of the molecule is Cc1cc(O)cc(=O)n1CCc1nc(-c2cccc(C(C)(F)F)c2)no1. The van der Waals surface area contributed by atoms with Gasteiger partial charge in [0, 0.05) is 42.8 Å². The van der Waals surface area contributed by atoms with E-state index >= 15 is 0 Å². The Morgan fingerprint density at radius 1 is 1.27 bits per heavy atom. The van der Waals surface area contributed by atoms with Crippen molar-refractivity contribution in [1.29, 1.82) is 0 Å². The molecule has 0 aliphatic heterocycles. The Morgan fingerprint density at radius 3 is 2.73 bits per heavy atom. The van der Waals surface area contributed by atoms with Crippen molar-refractivity contribution in [2.75, 3.05) is 0 Å². The highest BCUT2D eigenvalue weighted by atomic mass is 19.3. The van der Waals surface area contributed by atoms with E-state index in [1.807, 2.05) is 0 Å². The van der Waals surface area contributed by atoms with Crippen LogP contribution in [0.15, 0.2) is 45.7 Å². The molecule has 0 radical (unpaired) electrons. The van der Waals surface area contributed by atoms with Crippen LogP contribution < -0.4 is 5.56 Å². The molecule has 1 N–H and O–H groups in total. The topological polar surface area (TPSA) is 81.1 Å². The highest BCUT2D eigenvalue weighted by Gasteiger charge is 2.24. The first-order chi connectivity index (χ1) is 12.2. The molecule has 136 valence electrons. The van der Waals surface area contributed by atoms with Gasteiger partial charge in [-0.25, -0.2) is 8.78 Å². The molecule has 0 saturated heterocycles. The number of hydrogen-bond acceptors (Lipinski definition) is 5. The first-order valence-corrected chi connectivity index (χ1v) is 7.96. The van der Waals surface area contributed by atoms with Crippen LogP contribution in [0.4, 0.5) is 8.78 Å². The zero-order valence-electron chi connectivity index (χ0n) is 14.2. The summed E-state index contributed by atoms with van der Waals surface area (Å²) in [5.41, 5.74) is 0.567. The van der Waals surface area contributed by atoms with Gasteiger partial charge in [0.25, 0.3) is 11.5 Å². The van der Waals surface area contributed by atoms with E-state index in [4.69, 9.17) is 4.52 Å². The van der Waals surface area contributed by atoms with E-state index in [2.05, 4.69) is 10.1 Å². The van der Waals surface area contributed by atoms with Gasteiger partial charge in [-0.2, -0.15) is 4.98 Å². The Labute approximate surface area is 147 Å². The van der Waals surface area contributed by atoms with Gasteiger partial charge in [-0.15, -0.1) is 0 Å². The van der Waals surface area contributed by atoms with E-state index in [-0.39, 0.29) is 28.6 Å². The van der Waals surface area contributed by atoms with Crippen LogP contribution in [0.25, 0.3) is 11.4 Å². The maximum absolute atomic E-state index is 13.5. The van der Waals surface area contributed by atoms with Crippen molar-refractivity contribution in [2.45, 2.75) is 32.7 Å². The van der Waals surface area contributed by atoms with Crippen molar-refractivity contribution in [3.8, 4) is 17.1 Å². The summed E-state index contributed by atoms with van der Waals surface area (Å²) in [6.07, 6.45) is 0.294. The number of rotatable bonds is 5. The van der Waals surface area contributed by atoms with Gasteiger partial charge in [0.15, 0.2) is 0 Å². The minimum atomic E-state index is -2.96. The lowest BCUT2D eigenvalue weighted by Gasteiger charge is -2.10. The molecule has 8 heteroatoms. The quantitative estimate of drug-likeness (QED) is 0.754. The molecule has 0 aliphatic carbocycles. The highest BCUT2D eigenvalue weighted by molar-refractivity contribution is 5.55. The Bertz CT molecular complexity index is 990. The van der Waals surface area contributed by atoms with Gasteiger partial charge < -0.3 is 14.2 Å². The fourth-order valence-corrected chi connectivity index (χ4v) is 2.61. The summed E-state index contributed by atoms with van der Waals surface area (Å²) in [7, 11) is 0. The van der Waals surface area contributed by atoms with Crippen LogP contribution in [0.5, 0.6) is 5.75 Å². The summed E-state index contributed by atoms with van der Waals surface area (Å²) in [5, 5.41) is 13.2. The standard InChI is InChI=1S/C18H17F2N3O3/c1-11-8-14(24)10-16(25)23(11)7-6-15-21-17(22-26-15)12-4-3-5-13(9-12)18(2,19)20/h3-5,8-10,24H,6-7H2,1-2H3. The van der Waals surface area contributed by atoms with E-state index in [0.717, 1.165) is 13.0 Å². The molecule has 0 atom stereocenters. The van der Waals surface area contributed by atoms with E-state index in [9.17, 15) is 18.7 Å². The molecule has 0 aliphatic rings. The van der Waals surface area contributed by atoms with Crippen molar-refractivity contribution in [2.24, 2.45) is 0 Å². The number of pyridine rings is 1. The average Bonchev–Trinajstić information content (AvgIpc) is 3.02. The van der Waals surface area contributed by atoms with Gasteiger partial charge in [0.1, 0.15) is 5.75 Å². The van der Waals surface area contributed by atoms with Crippen LogP contribution in [-0.2, 0) is 18.9 Å². The summed E-state index contributed by atoms with van der Waals surface area (Å²) < 4.78 is 33.5. The largest absolute Gasteiger partial charge is 0.508 e. The number of nitrogens with zero attached hydrogens (tertiary/aromatic N) is 3. The van der Waals surface area contributed by atoms with Gasteiger partial charge in [-0.05, 0) is 19.1 Å². The monoisotopic (exact) mass is 361 g/mol. The van der Waals surface area contributed by atoms with Gasteiger partial charge in [0.05, 0.1) is 0 Å².